The molecule has 3 N–H and O–H groups in total. The number of halogens is 2. The number of nitrogens with one attached hydrogen (secondary N) is 1. The van der Waals surface area contributed by atoms with E-state index in [4.69, 9.17) is 21.9 Å². The van der Waals surface area contributed by atoms with Gasteiger partial charge < -0.3 is 4.42 Å². The SMILES string of the molecule is NNC(Cc1cccc(Cl)c1)c1ccc(Br)o1. The number of benzene rings is 1. The number of furan rings is 1. The lowest BCUT2D eigenvalue weighted by Crippen LogP contribution is -2.29. The van der Waals surface area contributed by atoms with E-state index in [1.54, 1.807) is 0 Å². The summed E-state index contributed by atoms with van der Waals surface area (Å²) in [5, 5.41) is 0.721. The molecule has 0 bridgehead atoms. The highest BCUT2D eigenvalue weighted by Gasteiger charge is 2.14. The number of rotatable bonds is 4. The maximum Gasteiger partial charge on any atom is 0.169 e. The van der Waals surface area contributed by atoms with Crippen LogP contribution in [0.25, 0.3) is 0 Å². The van der Waals surface area contributed by atoms with Crippen molar-refractivity contribution in [2.24, 2.45) is 5.84 Å². The van der Waals surface area contributed by atoms with Gasteiger partial charge in [0.2, 0.25) is 0 Å². The summed E-state index contributed by atoms with van der Waals surface area (Å²) in [6.07, 6.45) is 0.719. The standard InChI is InChI=1S/C12H12BrClN2O/c13-12-5-4-11(17-12)10(16-15)7-8-2-1-3-9(14)6-8/h1-6,10,16H,7,15H2. The second kappa shape index (κ2) is 5.69. The molecule has 5 heteroatoms. The molecule has 1 heterocycles. The highest BCUT2D eigenvalue weighted by atomic mass is 79.9. The molecular formula is C12H12BrClN2O. The number of hydrogen-bond donors (Lipinski definition) is 2. The molecular weight excluding hydrogens is 304 g/mol. The molecule has 0 saturated heterocycles. The highest BCUT2D eigenvalue weighted by Crippen LogP contribution is 2.23. The van der Waals surface area contributed by atoms with E-state index in [9.17, 15) is 0 Å². The maximum absolute atomic E-state index is 5.94. The summed E-state index contributed by atoms with van der Waals surface area (Å²) < 4.78 is 6.17. The molecule has 3 nitrogen and oxygen atoms in total. The van der Waals surface area contributed by atoms with Gasteiger partial charge in [-0.3, -0.25) is 5.84 Å². The molecule has 0 aliphatic rings. The van der Waals surface area contributed by atoms with Gasteiger partial charge in [-0.15, -0.1) is 0 Å². The fourth-order valence-corrected chi connectivity index (χ4v) is 2.19. The Labute approximate surface area is 113 Å². The molecule has 90 valence electrons. The first-order chi connectivity index (χ1) is 8.19. The molecule has 2 aromatic rings. The highest BCUT2D eigenvalue weighted by molar-refractivity contribution is 9.10. The van der Waals surface area contributed by atoms with Crippen molar-refractivity contribution >= 4 is 27.5 Å². The lowest BCUT2D eigenvalue weighted by Gasteiger charge is -2.13. The lowest BCUT2D eigenvalue weighted by molar-refractivity contribution is 0.405. The molecule has 0 amide bonds. The Kier molecular flexibility index (Phi) is 4.23. The Morgan fingerprint density at radius 3 is 2.76 bits per heavy atom. The van der Waals surface area contributed by atoms with E-state index < -0.39 is 0 Å². The smallest absolute Gasteiger partial charge is 0.169 e. The van der Waals surface area contributed by atoms with E-state index in [1.807, 2.05) is 36.4 Å². The van der Waals surface area contributed by atoms with E-state index in [1.165, 1.54) is 0 Å². The monoisotopic (exact) mass is 314 g/mol. The van der Waals surface area contributed by atoms with Gasteiger partial charge in [-0.2, -0.15) is 0 Å². The van der Waals surface area contributed by atoms with Crippen molar-refractivity contribution in [3.05, 3.63) is 57.4 Å². The topological polar surface area (TPSA) is 51.2 Å². The molecule has 17 heavy (non-hydrogen) atoms. The summed E-state index contributed by atoms with van der Waals surface area (Å²) in [5.41, 5.74) is 3.85. The van der Waals surface area contributed by atoms with Crippen LogP contribution >= 0.6 is 27.5 Å². The average Bonchev–Trinajstić information content (AvgIpc) is 2.73. The minimum absolute atomic E-state index is 0.0697. The van der Waals surface area contributed by atoms with Crippen LogP contribution in [0, 0.1) is 0 Å². The van der Waals surface area contributed by atoms with Gasteiger partial charge in [0.25, 0.3) is 0 Å². The Morgan fingerprint density at radius 1 is 1.35 bits per heavy atom. The number of hydrazine groups is 1. The predicted molar refractivity (Wildman–Crippen MR) is 71.6 cm³/mol. The summed E-state index contributed by atoms with van der Waals surface area (Å²) in [6, 6.07) is 11.4. The van der Waals surface area contributed by atoms with Crippen LogP contribution in [-0.4, -0.2) is 0 Å². The van der Waals surface area contributed by atoms with Crippen molar-refractivity contribution in [2.45, 2.75) is 12.5 Å². The van der Waals surface area contributed by atoms with Gasteiger partial charge in [-0.1, -0.05) is 23.7 Å². The molecule has 1 atom stereocenters. The second-order valence-electron chi connectivity index (χ2n) is 3.70. The Hall–Kier alpha value is -0.810. The van der Waals surface area contributed by atoms with E-state index in [-0.39, 0.29) is 6.04 Å². The number of hydrogen-bond acceptors (Lipinski definition) is 3. The fourth-order valence-electron chi connectivity index (χ4n) is 1.66. The van der Waals surface area contributed by atoms with E-state index in [2.05, 4.69) is 21.4 Å². The van der Waals surface area contributed by atoms with Crippen LogP contribution in [0.5, 0.6) is 0 Å². The molecule has 1 aromatic heterocycles. The van der Waals surface area contributed by atoms with Gasteiger partial charge in [0, 0.05) is 5.02 Å². The predicted octanol–water partition coefficient (Wildman–Crippen LogP) is 3.44. The van der Waals surface area contributed by atoms with Crippen molar-refractivity contribution in [2.75, 3.05) is 0 Å². The van der Waals surface area contributed by atoms with Crippen LogP contribution < -0.4 is 11.3 Å². The van der Waals surface area contributed by atoms with Crippen molar-refractivity contribution < 1.29 is 4.42 Å². The van der Waals surface area contributed by atoms with Crippen molar-refractivity contribution in [3.8, 4) is 0 Å². The van der Waals surface area contributed by atoms with E-state index >= 15 is 0 Å². The van der Waals surface area contributed by atoms with Crippen LogP contribution in [0.2, 0.25) is 5.02 Å². The molecule has 2 rings (SSSR count). The molecule has 0 aliphatic heterocycles. The van der Waals surface area contributed by atoms with Crippen LogP contribution in [0.15, 0.2) is 45.5 Å². The van der Waals surface area contributed by atoms with Crippen molar-refractivity contribution in [1.29, 1.82) is 0 Å². The largest absolute Gasteiger partial charge is 0.453 e. The van der Waals surface area contributed by atoms with E-state index in [0.717, 1.165) is 22.8 Å². The third-order valence-corrected chi connectivity index (χ3v) is 3.13. The summed E-state index contributed by atoms with van der Waals surface area (Å²) in [4.78, 5) is 0. The second-order valence-corrected chi connectivity index (χ2v) is 4.91. The van der Waals surface area contributed by atoms with Gasteiger partial charge in [-0.25, -0.2) is 5.43 Å². The molecule has 0 radical (unpaired) electrons. The average molecular weight is 316 g/mol. The molecule has 0 fully saturated rings. The first-order valence-corrected chi connectivity index (χ1v) is 6.32. The van der Waals surface area contributed by atoms with Crippen LogP contribution in [0.3, 0.4) is 0 Å². The van der Waals surface area contributed by atoms with Gasteiger partial charge in [0.1, 0.15) is 5.76 Å². The van der Waals surface area contributed by atoms with Crippen LogP contribution in [0.1, 0.15) is 17.4 Å². The van der Waals surface area contributed by atoms with Gasteiger partial charge in [0.05, 0.1) is 6.04 Å². The molecule has 0 spiro atoms. The van der Waals surface area contributed by atoms with Crippen molar-refractivity contribution in [1.82, 2.24) is 5.43 Å². The zero-order valence-electron chi connectivity index (χ0n) is 8.99. The van der Waals surface area contributed by atoms with Gasteiger partial charge in [-0.05, 0) is 52.2 Å². The Morgan fingerprint density at radius 2 is 2.18 bits per heavy atom. The summed E-state index contributed by atoms with van der Waals surface area (Å²) in [7, 11) is 0. The number of nitrogens with two attached hydrogens (primary N) is 1. The third kappa shape index (κ3) is 3.33. The van der Waals surface area contributed by atoms with E-state index in [0.29, 0.717) is 4.67 Å². The quantitative estimate of drug-likeness (QED) is 0.671. The third-order valence-electron chi connectivity index (χ3n) is 2.47. The first-order valence-electron chi connectivity index (χ1n) is 5.15. The summed E-state index contributed by atoms with van der Waals surface area (Å²) in [5.74, 6) is 6.33. The lowest BCUT2D eigenvalue weighted by atomic mass is 10.0. The van der Waals surface area contributed by atoms with Gasteiger partial charge >= 0.3 is 0 Å². The van der Waals surface area contributed by atoms with Crippen LogP contribution in [0.4, 0.5) is 0 Å². The van der Waals surface area contributed by atoms with Gasteiger partial charge in [0.15, 0.2) is 4.67 Å². The molecule has 0 aliphatic carbocycles. The normalized spacial score (nSPS) is 12.6. The summed E-state index contributed by atoms with van der Waals surface area (Å²) >= 11 is 9.21. The van der Waals surface area contributed by atoms with Crippen LogP contribution in [-0.2, 0) is 6.42 Å². The zero-order chi connectivity index (χ0) is 12.3. The fraction of sp³-hybridized carbons (Fsp3) is 0.167. The molecule has 1 unspecified atom stereocenters. The Balaban J connectivity index is 2.15. The van der Waals surface area contributed by atoms with Crippen molar-refractivity contribution in [3.63, 3.8) is 0 Å². The molecule has 1 aromatic carbocycles. The minimum Gasteiger partial charge on any atom is -0.453 e. The Bertz CT molecular complexity index is 501. The molecule has 0 saturated carbocycles. The zero-order valence-corrected chi connectivity index (χ0v) is 11.3. The summed E-state index contributed by atoms with van der Waals surface area (Å²) in [6.45, 7) is 0. The first kappa shape index (κ1) is 12.6. The minimum atomic E-state index is -0.0697. The maximum atomic E-state index is 5.94.